The Morgan fingerprint density at radius 3 is 2.68 bits per heavy atom. The number of benzene rings is 1. The largest absolute Gasteiger partial charge is 0.469 e. The molecule has 0 spiro atoms. The van der Waals surface area contributed by atoms with Crippen molar-refractivity contribution in [2.24, 2.45) is 0 Å². The lowest BCUT2D eigenvalue weighted by Gasteiger charge is -2.31. The van der Waals surface area contributed by atoms with Crippen LogP contribution in [0.3, 0.4) is 0 Å². The van der Waals surface area contributed by atoms with Crippen molar-refractivity contribution in [2.45, 2.75) is 49.5 Å². The predicted molar refractivity (Wildman–Crippen MR) is 112 cm³/mol. The Morgan fingerprint density at radius 2 is 1.93 bits per heavy atom. The van der Waals surface area contributed by atoms with Gasteiger partial charge in [0, 0.05) is 31.0 Å². The highest BCUT2D eigenvalue weighted by Gasteiger charge is 2.22. The number of hydrogen-bond donors (Lipinski definition) is 1. The van der Waals surface area contributed by atoms with Crippen LogP contribution in [-0.4, -0.2) is 42.1 Å². The van der Waals surface area contributed by atoms with Gasteiger partial charge in [-0.1, -0.05) is 31.4 Å². The molecule has 1 aliphatic carbocycles. The second kappa shape index (κ2) is 10.4. The molecule has 1 heterocycles. The number of carbonyl (C=O) groups excluding carboxylic acids is 2. The lowest BCUT2D eigenvalue weighted by atomic mass is 9.94. The minimum absolute atomic E-state index is 0.122. The summed E-state index contributed by atoms with van der Waals surface area (Å²) in [6, 6.07) is 11.6. The fourth-order valence-corrected chi connectivity index (χ4v) is 4.52. The van der Waals surface area contributed by atoms with E-state index in [0.717, 1.165) is 23.5 Å². The van der Waals surface area contributed by atoms with Crippen LogP contribution >= 0.6 is 11.8 Å². The van der Waals surface area contributed by atoms with Gasteiger partial charge in [-0.25, -0.2) is 0 Å². The van der Waals surface area contributed by atoms with Crippen molar-refractivity contribution < 1.29 is 14.0 Å². The van der Waals surface area contributed by atoms with E-state index in [9.17, 15) is 9.59 Å². The Morgan fingerprint density at radius 1 is 1.14 bits per heavy atom. The van der Waals surface area contributed by atoms with Crippen molar-refractivity contribution in [1.29, 1.82) is 0 Å². The van der Waals surface area contributed by atoms with Crippen molar-refractivity contribution in [2.75, 3.05) is 19.3 Å². The van der Waals surface area contributed by atoms with Crippen molar-refractivity contribution in [3.05, 3.63) is 54.0 Å². The third-order valence-corrected chi connectivity index (χ3v) is 6.29. The Balaban J connectivity index is 1.52. The molecule has 3 rings (SSSR count). The van der Waals surface area contributed by atoms with Crippen LogP contribution in [0.4, 0.5) is 0 Å². The lowest BCUT2D eigenvalue weighted by Crippen LogP contribution is -2.39. The predicted octanol–water partition coefficient (Wildman–Crippen LogP) is 4.14. The van der Waals surface area contributed by atoms with Crippen molar-refractivity contribution >= 4 is 23.6 Å². The summed E-state index contributed by atoms with van der Waals surface area (Å²) in [4.78, 5) is 27.9. The number of rotatable bonds is 8. The van der Waals surface area contributed by atoms with E-state index in [1.165, 1.54) is 31.0 Å². The number of thioether (sulfide) groups is 1. The van der Waals surface area contributed by atoms with Gasteiger partial charge >= 0.3 is 0 Å². The second-order valence-electron chi connectivity index (χ2n) is 7.17. The number of hydrogen-bond acceptors (Lipinski definition) is 4. The molecular weight excluding hydrogens is 372 g/mol. The molecular formula is C22H28N2O3S. The summed E-state index contributed by atoms with van der Waals surface area (Å²) in [5, 5.41) is 2.93. The van der Waals surface area contributed by atoms with Crippen LogP contribution in [0, 0.1) is 0 Å². The third-order valence-electron chi connectivity index (χ3n) is 5.24. The molecule has 1 N–H and O–H groups in total. The van der Waals surface area contributed by atoms with Crippen LogP contribution < -0.4 is 5.32 Å². The molecule has 0 unspecified atom stereocenters. The maximum atomic E-state index is 12.6. The molecule has 1 aliphatic rings. The van der Waals surface area contributed by atoms with E-state index in [2.05, 4.69) is 5.32 Å². The van der Waals surface area contributed by atoms with E-state index in [1.807, 2.05) is 42.3 Å². The van der Waals surface area contributed by atoms with Gasteiger partial charge < -0.3 is 14.6 Å². The molecule has 0 bridgehead atoms. The van der Waals surface area contributed by atoms with Crippen LogP contribution in [0.5, 0.6) is 0 Å². The Labute approximate surface area is 170 Å². The summed E-state index contributed by atoms with van der Waals surface area (Å²) >= 11 is 1.44. The highest BCUT2D eigenvalue weighted by atomic mass is 32.2. The first kappa shape index (κ1) is 20.5. The van der Waals surface area contributed by atoms with Crippen molar-refractivity contribution in [3.8, 4) is 0 Å². The van der Waals surface area contributed by atoms with E-state index in [1.54, 1.807) is 12.3 Å². The molecule has 0 aliphatic heterocycles. The molecule has 1 aromatic heterocycles. The summed E-state index contributed by atoms with van der Waals surface area (Å²) in [5.74, 6) is 1.20. The smallest absolute Gasteiger partial charge is 0.252 e. The summed E-state index contributed by atoms with van der Waals surface area (Å²) in [5.41, 5.74) is 0.611. The molecule has 1 saturated carbocycles. The third kappa shape index (κ3) is 5.64. The zero-order valence-corrected chi connectivity index (χ0v) is 17.2. The zero-order chi connectivity index (χ0) is 19.8. The van der Waals surface area contributed by atoms with Gasteiger partial charge in [0.15, 0.2) is 0 Å². The van der Waals surface area contributed by atoms with Gasteiger partial charge in [0.25, 0.3) is 5.91 Å². The fraction of sp³-hybridized carbons (Fsp3) is 0.455. The molecule has 1 fully saturated rings. The fourth-order valence-electron chi connectivity index (χ4n) is 3.54. The molecule has 0 radical (unpaired) electrons. The summed E-state index contributed by atoms with van der Waals surface area (Å²) in [6.45, 7) is 0.509. The highest BCUT2D eigenvalue weighted by molar-refractivity contribution is 8.00. The maximum absolute atomic E-state index is 12.6. The Kier molecular flexibility index (Phi) is 7.60. The zero-order valence-electron chi connectivity index (χ0n) is 16.4. The summed E-state index contributed by atoms with van der Waals surface area (Å²) < 4.78 is 5.28. The van der Waals surface area contributed by atoms with Gasteiger partial charge in [0.2, 0.25) is 5.91 Å². The van der Waals surface area contributed by atoms with Crippen LogP contribution in [0.25, 0.3) is 0 Å². The van der Waals surface area contributed by atoms with Crippen LogP contribution in [0.15, 0.2) is 52.0 Å². The molecule has 6 heteroatoms. The first-order chi connectivity index (χ1) is 13.6. The van der Waals surface area contributed by atoms with Crippen molar-refractivity contribution in [3.63, 3.8) is 0 Å². The minimum atomic E-state index is -0.122. The quantitative estimate of drug-likeness (QED) is 0.677. The van der Waals surface area contributed by atoms with Crippen LogP contribution in [0.1, 0.15) is 48.2 Å². The number of amides is 2. The van der Waals surface area contributed by atoms with E-state index in [0.29, 0.717) is 30.3 Å². The number of nitrogens with one attached hydrogen (secondary N) is 1. The maximum Gasteiger partial charge on any atom is 0.252 e. The van der Waals surface area contributed by atoms with Crippen LogP contribution in [0.2, 0.25) is 0 Å². The minimum Gasteiger partial charge on any atom is -0.469 e. The molecule has 2 aromatic rings. The normalized spacial score (nSPS) is 14.6. The number of nitrogens with zero attached hydrogens (tertiary/aromatic N) is 1. The Hall–Kier alpha value is -2.21. The van der Waals surface area contributed by atoms with E-state index in [-0.39, 0.29) is 11.8 Å². The molecule has 2 amide bonds. The van der Waals surface area contributed by atoms with Crippen LogP contribution in [-0.2, 0) is 11.2 Å². The number of furan rings is 1. The molecule has 150 valence electrons. The van der Waals surface area contributed by atoms with E-state index in [4.69, 9.17) is 4.42 Å². The van der Waals surface area contributed by atoms with Crippen molar-refractivity contribution in [1.82, 2.24) is 10.2 Å². The topological polar surface area (TPSA) is 62.6 Å². The molecule has 28 heavy (non-hydrogen) atoms. The average molecular weight is 401 g/mol. The van der Waals surface area contributed by atoms with Gasteiger partial charge in [-0.2, -0.15) is 0 Å². The lowest BCUT2D eigenvalue weighted by molar-refractivity contribution is -0.129. The van der Waals surface area contributed by atoms with Gasteiger partial charge in [-0.05, 0) is 37.1 Å². The first-order valence-electron chi connectivity index (χ1n) is 9.93. The summed E-state index contributed by atoms with van der Waals surface area (Å²) in [7, 11) is 1.91. The molecule has 0 atom stereocenters. The van der Waals surface area contributed by atoms with Gasteiger partial charge in [0.05, 0.1) is 17.6 Å². The van der Waals surface area contributed by atoms with E-state index >= 15 is 0 Å². The monoisotopic (exact) mass is 400 g/mol. The van der Waals surface area contributed by atoms with Gasteiger partial charge in [-0.15, -0.1) is 11.8 Å². The molecule has 1 aromatic carbocycles. The van der Waals surface area contributed by atoms with Gasteiger partial charge in [-0.3, -0.25) is 9.59 Å². The molecule has 0 saturated heterocycles. The van der Waals surface area contributed by atoms with E-state index < -0.39 is 0 Å². The second-order valence-corrected chi connectivity index (χ2v) is 8.18. The Bertz CT molecular complexity index is 770. The highest BCUT2D eigenvalue weighted by Crippen LogP contribution is 2.25. The van der Waals surface area contributed by atoms with Gasteiger partial charge in [0.1, 0.15) is 5.76 Å². The summed E-state index contributed by atoms with van der Waals surface area (Å²) in [6.07, 6.45) is 8.16. The average Bonchev–Trinajstić information content (AvgIpc) is 3.25. The standard InChI is InChI=1S/C22H28N2O3S/c1-24(17-8-3-2-4-9-17)21(25)16-28-20-12-6-5-11-19(20)22(26)23-14-13-18-10-7-15-27-18/h5-7,10-12,15,17H,2-4,8-9,13-14,16H2,1H3,(H,23,26). The SMILES string of the molecule is CN(C(=O)CSc1ccccc1C(=O)NCCc1ccco1)C1CCCCC1. The molecule has 5 nitrogen and oxygen atoms in total. The first-order valence-corrected chi connectivity index (χ1v) is 10.9. The number of carbonyl (C=O) groups is 2.